The van der Waals surface area contributed by atoms with Gasteiger partial charge in [-0.3, -0.25) is 0 Å². The lowest BCUT2D eigenvalue weighted by Gasteiger charge is -2.05. The predicted molar refractivity (Wildman–Crippen MR) is 204 cm³/mol. The summed E-state index contributed by atoms with van der Waals surface area (Å²) in [5.74, 6) is 0. The normalized spacial score (nSPS) is 12.1. The van der Waals surface area contributed by atoms with Crippen LogP contribution in [-0.4, -0.2) is 19.9 Å². The molecule has 0 fully saturated rings. The molecule has 51 heavy (non-hydrogen) atoms. The Morgan fingerprint density at radius 3 is 1.08 bits per heavy atom. The molecule has 2 aliphatic heterocycles. The average molecular weight is 663 g/mol. The number of nitrogens with zero attached hydrogens (tertiary/aromatic N) is 5. The van der Waals surface area contributed by atoms with E-state index in [2.05, 4.69) is 173 Å². The second-order valence-electron chi connectivity index (χ2n) is 13.0. The van der Waals surface area contributed by atoms with Gasteiger partial charge in [-0.25, -0.2) is 23.7 Å². The minimum atomic E-state index is 0.882. The van der Waals surface area contributed by atoms with Gasteiger partial charge in [-0.05, 0) is 72.3 Å². The summed E-state index contributed by atoms with van der Waals surface area (Å²) in [6.45, 7) is 0. The lowest BCUT2D eigenvalue weighted by atomic mass is 10.0. The SMILES string of the molecule is C[n+]1ccccc1-c1c2nc(c(-c3cccc[n+]3C)c3ccc([nH]3)c(-c3cccc[n+]3C)c3nc(c(-c4ccccc4)c4ccc1[nH]4)C=C3)C=C2. The quantitative estimate of drug-likeness (QED) is 0.189. The second-order valence-corrected chi connectivity index (χ2v) is 13.0. The number of pyridine rings is 3. The Hall–Kier alpha value is -6.73. The van der Waals surface area contributed by atoms with Crippen LogP contribution in [0.5, 0.6) is 0 Å². The lowest BCUT2D eigenvalue weighted by molar-refractivity contribution is -0.660. The molecule has 0 spiro atoms. The summed E-state index contributed by atoms with van der Waals surface area (Å²) >= 11 is 0. The Labute approximate surface area is 295 Å². The van der Waals surface area contributed by atoms with Crippen molar-refractivity contribution in [2.24, 2.45) is 21.1 Å². The summed E-state index contributed by atoms with van der Waals surface area (Å²) in [4.78, 5) is 18.5. The molecule has 0 saturated heterocycles. The number of benzene rings is 1. The molecule has 0 atom stereocenters. The van der Waals surface area contributed by atoms with E-state index in [4.69, 9.17) is 9.97 Å². The van der Waals surface area contributed by atoms with Crippen LogP contribution in [0.3, 0.4) is 0 Å². The van der Waals surface area contributed by atoms with Crippen molar-refractivity contribution in [1.29, 1.82) is 0 Å². The molecule has 8 bridgehead atoms. The first kappa shape index (κ1) is 30.3. The van der Waals surface area contributed by atoms with Gasteiger partial charge in [0.15, 0.2) is 18.6 Å². The van der Waals surface area contributed by atoms with Gasteiger partial charge in [-0.2, -0.15) is 0 Å². The highest BCUT2D eigenvalue weighted by Gasteiger charge is 2.24. The third-order valence-corrected chi connectivity index (χ3v) is 9.75. The molecule has 7 aromatic rings. The van der Waals surface area contributed by atoms with E-state index in [1.54, 1.807) is 0 Å². The van der Waals surface area contributed by atoms with E-state index in [9.17, 15) is 0 Å². The predicted octanol–water partition coefficient (Wildman–Crippen LogP) is 7.80. The molecule has 0 aliphatic carbocycles. The molecule has 0 unspecified atom stereocenters. The zero-order valence-electron chi connectivity index (χ0n) is 28.7. The first-order valence-electron chi connectivity index (χ1n) is 17.1. The maximum absolute atomic E-state index is 5.41. The number of aromatic amines is 2. The molecule has 7 nitrogen and oxygen atoms in total. The second kappa shape index (κ2) is 12.3. The van der Waals surface area contributed by atoms with Gasteiger partial charge in [-0.1, -0.05) is 30.3 Å². The molecule has 0 saturated carbocycles. The van der Waals surface area contributed by atoms with E-state index in [0.29, 0.717) is 0 Å². The Balaban J connectivity index is 1.51. The monoisotopic (exact) mass is 662 g/mol. The van der Waals surface area contributed by atoms with E-state index in [-0.39, 0.29) is 0 Å². The van der Waals surface area contributed by atoms with Crippen LogP contribution >= 0.6 is 0 Å². The fraction of sp³-hybridized carbons (Fsp3) is 0.0682. The molecular weight excluding hydrogens is 627 g/mol. The van der Waals surface area contributed by atoms with Gasteiger partial charge in [0.05, 0.1) is 56.0 Å². The van der Waals surface area contributed by atoms with Crippen molar-refractivity contribution in [3.63, 3.8) is 0 Å². The fourth-order valence-electron chi connectivity index (χ4n) is 7.27. The summed E-state index contributed by atoms with van der Waals surface area (Å²) in [5.41, 5.74) is 15.8. The third kappa shape index (κ3) is 5.27. The Bertz CT molecular complexity index is 2690. The van der Waals surface area contributed by atoms with E-state index >= 15 is 0 Å². The van der Waals surface area contributed by atoms with E-state index in [0.717, 1.165) is 89.7 Å². The Morgan fingerprint density at radius 1 is 0.373 bits per heavy atom. The first-order valence-corrected chi connectivity index (χ1v) is 17.1. The molecule has 2 aliphatic rings. The highest BCUT2D eigenvalue weighted by atomic mass is 14.9. The minimum absolute atomic E-state index is 0.882. The lowest BCUT2D eigenvalue weighted by Crippen LogP contribution is -2.30. The summed E-state index contributed by atoms with van der Waals surface area (Å²) in [6, 6.07) is 38.0. The van der Waals surface area contributed by atoms with Gasteiger partial charge < -0.3 is 9.97 Å². The van der Waals surface area contributed by atoms with Crippen LogP contribution in [0.1, 0.15) is 22.8 Å². The molecular formula is C44H36N7+3. The summed E-state index contributed by atoms with van der Waals surface area (Å²) in [6.07, 6.45) is 14.8. The molecule has 0 amide bonds. The molecule has 1 aromatic carbocycles. The highest BCUT2D eigenvalue weighted by Crippen LogP contribution is 2.36. The van der Waals surface area contributed by atoms with Crippen LogP contribution in [0.2, 0.25) is 0 Å². The topological polar surface area (TPSA) is 69.0 Å². The van der Waals surface area contributed by atoms with Gasteiger partial charge in [0.1, 0.15) is 21.1 Å². The number of hydrogen-bond acceptors (Lipinski definition) is 2. The van der Waals surface area contributed by atoms with E-state index < -0.39 is 0 Å². The third-order valence-electron chi connectivity index (χ3n) is 9.75. The number of fused-ring (bicyclic) bond motifs is 8. The van der Waals surface area contributed by atoms with Crippen LogP contribution in [0, 0.1) is 0 Å². The van der Waals surface area contributed by atoms with Crippen molar-refractivity contribution in [2.45, 2.75) is 0 Å². The van der Waals surface area contributed by atoms with Crippen LogP contribution in [0.4, 0.5) is 0 Å². The smallest absolute Gasteiger partial charge is 0.216 e. The van der Waals surface area contributed by atoms with Gasteiger partial charge >= 0.3 is 0 Å². The molecule has 0 radical (unpaired) electrons. The number of hydrogen-bond donors (Lipinski definition) is 2. The standard InChI is InChI=1S/C44H35N7/c1-49-26-10-7-15-38(49)42-32-20-18-30(45-32)41(29-13-5-4-6-14-29)31-19-21-33(46-31)43(39-16-8-11-27-50(39)2)35-23-25-37(48-35)44(36-24-22-34(42)47-36)40-17-9-12-28-51(40)3/h4-28H,1-3H3,(H,45,46,47,48)/q+2/p+1. The maximum atomic E-state index is 5.41. The van der Waals surface area contributed by atoms with Crippen molar-refractivity contribution in [3.8, 4) is 44.9 Å². The summed E-state index contributed by atoms with van der Waals surface area (Å²) in [5, 5.41) is 0. The van der Waals surface area contributed by atoms with Gasteiger partial charge in [0.25, 0.3) is 0 Å². The molecule has 2 N–H and O–H groups in total. The number of aryl methyl sites for hydroxylation is 3. The van der Waals surface area contributed by atoms with Crippen molar-refractivity contribution in [2.75, 3.05) is 0 Å². The Kier molecular flexibility index (Phi) is 7.32. The highest BCUT2D eigenvalue weighted by molar-refractivity contribution is 5.98. The number of H-pyrrole nitrogens is 2. The van der Waals surface area contributed by atoms with Crippen LogP contribution in [0.15, 0.2) is 128 Å². The van der Waals surface area contributed by atoms with Crippen LogP contribution < -0.4 is 13.7 Å². The van der Waals surface area contributed by atoms with Gasteiger partial charge in [0.2, 0.25) is 17.1 Å². The van der Waals surface area contributed by atoms with Gasteiger partial charge in [-0.15, -0.1) is 0 Å². The van der Waals surface area contributed by atoms with Gasteiger partial charge in [0, 0.05) is 47.5 Å². The average Bonchev–Trinajstić information content (AvgIpc) is 3.99. The zero-order valence-corrected chi connectivity index (χ0v) is 28.7. The summed E-state index contributed by atoms with van der Waals surface area (Å²) < 4.78 is 6.44. The molecule has 7 heteroatoms. The molecule has 9 rings (SSSR count). The van der Waals surface area contributed by atoms with Crippen molar-refractivity contribution >= 4 is 46.4 Å². The maximum Gasteiger partial charge on any atom is 0.216 e. The Morgan fingerprint density at radius 2 is 0.706 bits per heavy atom. The fourth-order valence-corrected chi connectivity index (χ4v) is 7.27. The minimum Gasteiger partial charge on any atom is -0.354 e. The number of aromatic nitrogens is 7. The number of rotatable bonds is 4. The van der Waals surface area contributed by atoms with Crippen molar-refractivity contribution in [3.05, 3.63) is 151 Å². The summed E-state index contributed by atoms with van der Waals surface area (Å²) in [7, 11) is 6.23. The van der Waals surface area contributed by atoms with Crippen molar-refractivity contribution < 1.29 is 13.7 Å². The molecule has 244 valence electrons. The van der Waals surface area contributed by atoms with E-state index in [1.807, 2.05) is 24.3 Å². The first-order chi connectivity index (χ1) is 25.0. The molecule has 8 heterocycles. The number of nitrogens with one attached hydrogen (secondary N) is 2. The molecule has 6 aromatic heterocycles. The van der Waals surface area contributed by atoms with E-state index in [1.165, 1.54) is 0 Å². The zero-order chi connectivity index (χ0) is 34.5. The van der Waals surface area contributed by atoms with Crippen molar-refractivity contribution in [1.82, 2.24) is 19.9 Å². The largest absolute Gasteiger partial charge is 0.354 e. The van der Waals surface area contributed by atoms with Crippen LogP contribution in [-0.2, 0) is 21.1 Å². The van der Waals surface area contributed by atoms with Crippen LogP contribution in [0.25, 0.3) is 91.3 Å².